The van der Waals surface area contributed by atoms with Crippen molar-refractivity contribution < 1.29 is 4.42 Å². The first-order chi connectivity index (χ1) is 21.7. The van der Waals surface area contributed by atoms with Crippen LogP contribution in [0.4, 0.5) is 0 Å². The number of furan rings is 1. The first kappa shape index (κ1) is 26.1. The molecule has 0 aliphatic rings. The summed E-state index contributed by atoms with van der Waals surface area (Å²) in [7, 11) is 0. The lowest BCUT2D eigenvalue weighted by Gasteiger charge is -2.11. The van der Waals surface area contributed by atoms with E-state index in [-0.39, 0.29) is 0 Å². The van der Waals surface area contributed by atoms with Crippen LogP contribution in [0.2, 0.25) is 5.02 Å². The van der Waals surface area contributed by atoms with Gasteiger partial charge in [-0.3, -0.25) is 0 Å². The molecule has 0 saturated heterocycles. The minimum atomic E-state index is 0.619. The Hall–Kier alpha value is -5.51. The van der Waals surface area contributed by atoms with Gasteiger partial charge in [0.15, 0.2) is 5.82 Å². The van der Waals surface area contributed by atoms with Gasteiger partial charge in [0.2, 0.25) is 0 Å². The van der Waals surface area contributed by atoms with Gasteiger partial charge in [0.1, 0.15) is 11.2 Å². The molecule has 0 atom stereocenters. The first-order valence-electron chi connectivity index (χ1n) is 14.5. The highest BCUT2D eigenvalue weighted by atomic mass is 35.5. The number of aromatic nitrogens is 2. The molecular formula is C40H25ClN2O. The van der Waals surface area contributed by atoms with Gasteiger partial charge in [0.05, 0.1) is 11.4 Å². The van der Waals surface area contributed by atoms with Crippen molar-refractivity contribution in [1.29, 1.82) is 0 Å². The summed E-state index contributed by atoms with van der Waals surface area (Å²) in [5.41, 5.74) is 10.4. The van der Waals surface area contributed by atoms with Gasteiger partial charge in [0, 0.05) is 38.0 Å². The fourth-order valence-corrected chi connectivity index (χ4v) is 6.03. The molecule has 0 aliphatic carbocycles. The summed E-state index contributed by atoms with van der Waals surface area (Å²) in [6.45, 7) is 0. The average molecular weight is 585 g/mol. The molecule has 44 heavy (non-hydrogen) atoms. The lowest BCUT2D eigenvalue weighted by Crippen LogP contribution is -1.96. The van der Waals surface area contributed by atoms with Crippen molar-refractivity contribution in [2.75, 3.05) is 0 Å². The topological polar surface area (TPSA) is 38.9 Å². The molecule has 208 valence electrons. The normalized spacial score (nSPS) is 11.3. The minimum absolute atomic E-state index is 0.619. The van der Waals surface area contributed by atoms with Crippen molar-refractivity contribution in [3.63, 3.8) is 0 Å². The van der Waals surface area contributed by atoms with Crippen LogP contribution in [0, 0.1) is 0 Å². The van der Waals surface area contributed by atoms with E-state index in [2.05, 4.69) is 78.9 Å². The average Bonchev–Trinajstić information content (AvgIpc) is 3.47. The van der Waals surface area contributed by atoms with Crippen LogP contribution < -0.4 is 0 Å². The third kappa shape index (κ3) is 4.74. The number of hydrogen-bond acceptors (Lipinski definition) is 3. The molecule has 0 saturated carbocycles. The Morgan fingerprint density at radius 3 is 1.68 bits per heavy atom. The maximum Gasteiger partial charge on any atom is 0.160 e. The summed E-state index contributed by atoms with van der Waals surface area (Å²) in [6, 6.07) is 51.4. The molecule has 0 N–H and O–H groups in total. The van der Waals surface area contributed by atoms with Crippen molar-refractivity contribution in [2.45, 2.75) is 0 Å². The fraction of sp³-hybridized carbons (Fsp3) is 0. The number of benzene rings is 6. The molecular weight excluding hydrogens is 560 g/mol. The Bertz CT molecular complexity index is 2260. The maximum atomic E-state index is 6.79. The van der Waals surface area contributed by atoms with Gasteiger partial charge in [-0.2, -0.15) is 0 Å². The molecule has 0 bridgehead atoms. The molecule has 2 aromatic heterocycles. The van der Waals surface area contributed by atoms with E-state index in [1.807, 2.05) is 72.8 Å². The summed E-state index contributed by atoms with van der Waals surface area (Å²) in [5, 5.41) is 2.59. The van der Waals surface area contributed by atoms with Crippen LogP contribution in [0.15, 0.2) is 156 Å². The van der Waals surface area contributed by atoms with E-state index in [0.717, 1.165) is 66.7 Å². The smallest absolute Gasteiger partial charge is 0.160 e. The van der Waals surface area contributed by atoms with E-state index in [9.17, 15) is 0 Å². The van der Waals surface area contributed by atoms with E-state index in [1.165, 1.54) is 5.56 Å². The number of halogens is 1. The van der Waals surface area contributed by atoms with Crippen LogP contribution in [0.25, 0.3) is 78.1 Å². The number of nitrogens with zero attached hydrogens (tertiary/aromatic N) is 2. The summed E-state index contributed by atoms with van der Waals surface area (Å²) in [5.74, 6) is 0.638. The zero-order valence-electron chi connectivity index (χ0n) is 23.6. The quantitative estimate of drug-likeness (QED) is 0.202. The minimum Gasteiger partial charge on any atom is -0.455 e. The van der Waals surface area contributed by atoms with Crippen LogP contribution in [0.1, 0.15) is 0 Å². The van der Waals surface area contributed by atoms with Crippen LogP contribution in [-0.4, -0.2) is 9.97 Å². The Balaban J connectivity index is 1.33. The van der Waals surface area contributed by atoms with Gasteiger partial charge in [-0.15, -0.1) is 0 Å². The number of rotatable bonds is 5. The third-order valence-corrected chi connectivity index (χ3v) is 8.19. The van der Waals surface area contributed by atoms with Crippen LogP contribution >= 0.6 is 11.6 Å². The highest BCUT2D eigenvalue weighted by Gasteiger charge is 2.19. The van der Waals surface area contributed by atoms with Gasteiger partial charge < -0.3 is 4.42 Å². The molecule has 4 heteroatoms. The Kier molecular flexibility index (Phi) is 6.51. The predicted molar refractivity (Wildman–Crippen MR) is 181 cm³/mol. The van der Waals surface area contributed by atoms with E-state index < -0.39 is 0 Å². The van der Waals surface area contributed by atoms with Crippen molar-refractivity contribution in [2.24, 2.45) is 0 Å². The second kappa shape index (κ2) is 11.0. The predicted octanol–water partition coefficient (Wildman–Crippen LogP) is 11.4. The molecule has 0 aliphatic heterocycles. The third-order valence-electron chi connectivity index (χ3n) is 7.97. The van der Waals surface area contributed by atoms with Crippen molar-refractivity contribution in [1.82, 2.24) is 9.97 Å². The van der Waals surface area contributed by atoms with Gasteiger partial charge in [-0.1, -0.05) is 145 Å². The molecule has 0 amide bonds. The van der Waals surface area contributed by atoms with E-state index in [0.29, 0.717) is 10.8 Å². The summed E-state index contributed by atoms with van der Waals surface area (Å²) in [6.07, 6.45) is 0. The zero-order valence-corrected chi connectivity index (χ0v) is 24.4. The summed E-state index contributed by atoms with van der Waals surface area (Å²) >= 11 is 6.79. The molecule has 0 fully saturated rings. The molecule has 8 aromatic rings. The van der Waals surface area contributed by atoms with Crippen molar-refractivity contribution in [3.05, 3.63) is 157 Å². The fourth-order valence-electron chi connectivity index (χ4n) is 5.81. The summed E-state index contributed by atoms with van der Waals surface area (Å²) < 4.78 is 6.72. The lowest BCUT2D eigenvalue weighted by atomic mass is 10.0. The van der Waals surface area contributed by atoms with Gasteiger partial charge in [-0.05, 0) is 34.9 Å². The van der Waals surface area contributed by atoms with Crippen LogP contribution in [0.5, 0.6) is 0 Å². The second-order valence-electron chi connectivity index (χ2n) is 10.8. The molecule has 2 heterocycles. The van der Waals surface area contributed by atoms with Crippen LogP contribution in [0.3, 0.4) is 0 Å². The van der Waals surface area contributed by atoms with E-state index >= 15 is 0 Å². The second-order valence-corrected chi connectivity index (χ2v) is 11.2. The van der Waals surface area contributed by atoms with Crippen LogP contribution in [-0.2, 0) is 0 Å². The molecule has 3 nitrogen and oxygen atoms in total. The standard InChI is InChI=1S/C40H25ClN2O/c41-31-23-34-33-18-10-17-32(28-13-6-2-7-14-28)38(33)44-39(34)35(24-31)37-25-36(42-40(43-37)30-15-8-3-9-16-30)29-21-19-27(20-22-29)26-11-4-1-5-12-26/h1-25H. The van der Waals surface area contributed by atoms with Crippen molar-refractivity contribution in [3.8, 4) is 56.2 Å². The highest BCUT2D eigenvalue weighted by Crippen LogP contribution is 2.42. The van der Waals surface area contributed by atoms with Gasteiger partial charge >= 0.3 is 0 Å². The SMILES string of the molecule is Clc1cc(-c2cc(-c3ccc(-c4ccccc4)cc3)nc(-c3ccccc3)n2)c2oc3c(-c4ccccc4)cccc3c2c1. The monoisotopic (exact) mass is 584 g/mol. The first-order valence-corrected chi connectivity index (χ1v) is 14.9. The number of fused-ring (bicyclic) bond motifs is 3. The lowest BCUT2D eigenvalue weighted by molar-refractivity contribution is 0.671. The molecule has 0 radical (unpaired) electrons. The maximum absolute atomic E-state index is 6.79. The highest BCUT2D eigenvalue weighted by molar-refractivity contribution is 6.32. The zero-order chi connectivity index (χ0) is 29.5. The molecule has 6 aromatic carbocycles. The van der Waals surface area contributed by atoms with Gasteiger partial charge in [-0.25, -0.2) is 9.97 Å². The molecule has 8 rings (SSSR count). The Labute approximate surface area is 260 Å². The van der Waals surface area contributed by atoms with Crippen molar-refractivity contribution >= 4 is 33.5 Å². The van der Waals surface area contributed by atoms with E-state index in [4.69, 9.17) is 26.0 Å². The Morgan fingerprint density at radius 2 is 0.977 bits per heavy atom. The number of hydrogen-bond donors (Lipinski definition) is 0. The van der Waals surface area contributed by atoms with E-state index in [1.54, 1.807) is 0 Å². The number of para-hydroxylation sites is 1. The molecule has 0 spiro atoms. The van der Waals surface area contributed by atoms with Gasteiger partial charge in [0.25, 0.3) is 0 Å². The summed E-state index contributed by atoms with van der Waals surface area (Å²) in [4.78, 5) is 10.1. The molecule has 0 unspecified atom stereocenters. The largest absolute Gasteiger partial charge is 0.455 e. The Morgan fingerprint density at radius 1 is 0.409 bits per heavy atom.